The number of benzene rings is 2. The molecule has 0 radical (unpaired) electrons. The fraction of sp³-hybridized carbons (Fsp3) is 0.286. The van der Waals surface area contributed by atoms with Crippen LogP contribution in [-0.2, 0) is 13.6 Å². The number of nitrogens with one attached hydrogen (secondary N) is 2. The Kier molecular flexibility index (Phi) is 8.76. The van der Waals surface area contributed by atoms with Crippen molar-refractivity contribution in [2.45, 2.75) is 32.2 Å². The third-order valence-electron chi connectivity index (χ3n) is 5.88. The number of pyridine rings is 2. The van der Waals surface area contributed by atoms with Crippen LogP contribution in [0.1, 0.15) is 31.4 Å². The topological polar surface area (TPSA) is 68.2 Å². The maximum Gasteiger partial charge on any atom is 0.224 e. The van der Waals surface area contributed by atoms with Crippen LogP contribution in [0.5, 0.6) is 11.5 Å². The third-order valence-corrected chi connectivity index (χ3v) is 6.12. The highest BCUT2D eigenvalue weighted by atomic mass is 35.5. The lowest BCUT2D eigenvalue weighted by Gasteiger charge is -2.12. The first kappa shape index (κ1) is 24.8. The molecule has 4 rings (SSSR count). The molecule has 182 valence electrons. The van der Waals surface area contributed by atoms with E-state index in [4.69, 9.17) is 16.3 Å². The molecule has 0 atom stereocenters. The van der Waals surface area contributed by atoms with Crippen molar-refractivity contribution in [1.29, 1.82) is 0 Å². The number of unbranched alkanes of at least 4 members (excludes halogenated alkanes) is 3. The van der Waals surface area contributed by atoms with Gasteiger partial charge < -0.3 is 19.9 Å². The van der Waals surface area contributed by atoms with Crippen LogP contribution in [0.3, 0.4) is 0 Å². The molecule has 0 aliphatic carbocycles. The van der Waals surface area contributed by atoms with Gasteiger partial charge in [0, 0.05) is 54.2 Å². The van der Waals surface area contributed by atoms with E-state index in [-0.39, 0.29) is 5.43 Å². The van der Waals surface area contributed by atoms with E-state index in [0.29, 0.717) is 23.1 Å². The number of aryl methyl sites for hydroxylation is 1. The molecule has 2 heterocycles. The fourth-order valence-electron chi connectivity index (χ4n) is 3.96. The summed E-state index contributed by atoms with van der Waals surface area (Å²) in [5.74, 6) is 0.990. The number of para-hydroxylation sites is 1. The lowest BCUT2D eigenvalue weighted by Crippen LogP contribution is -2.20. The van der Waals surface area contributed by atoms with Gasteiger partial charge in [-0.1, -0.05) is 42.6 Å². The zero-order valence-corrected chi connectivity index (χ0v) is 20.7. The molecule has 0 saturated carbocycles. The van der Waals surface area contributed by atoms with Crippen LogP contribution in [0.4, 0.5) is 5.69 Å². The van der Waals surface area contributed by atoms with E-state index in [9.17, 15) is 4.79 Å². The van der Waals surface area contributed by atoms with E-state index in [1.807, 2.05) is 72.4 Å². The van der Waals surface area contributed by atoms with Crippen molar-refractivity contribution < 1.29 is 4.74 Å². The van der Waals surface area contributed by atoms with Crippen LogP contribution in [0.25, 0.3) is 10.9 Å². The van der Waals surface area contributed by atoms with Crippen molar-refractivity contribution in [3.8, 4) is 11.5 Å². The molecule has 7 heteroatoms. The normalized spacial score (nSPS) is 11.0. The average Bonchev–Trinajstić information content (AvgIpc) is 2.86. The van der Waals surface area contributed by atoms with Crippen LogP contribution in [0.15, 0.2) is 77.9 Å². The molecule has 4 aromatic rings. The van der Waals surface area contributed by atoms with Gasteiger partial charge in [-0.15, -0.1) is 0 Å². The van der Waals surface area contributed by atoms with E-state index in [1.165, 1.54) is 0 Å². The maximum absolute atomic E-state index is 12.4. The molecule has 0 aliphatic heterocycles. The molecular weight excluding hydrogens is 460 g/mol. The van der Waals surface area contributed by atoms with Crippen molar-refractivity contribution in [3.63, 3.8) is 0 Å². The minimum absolute atomic E-state index is 0.110. The van der Waals surface area contributed by atoms with Gasteiger partial charge in [-0.05, 0) is 55.8 Å². The zero-order valence-electron chi connectivity index (χ0n) is 20.0. The first-order valence-electron chi connectivity index (χ1n) is 12.0. The minimum atomic E-state index is -0.110. The van der Waals surface area contributed by atoms with Crippen LogP contribution in [-0.4, -0.2) is 22.6 Å². The molecule has 0 bridgehead atoms. The predicted octanol–water partition coefficient (Wildman–Crippen LogP) is 6.14. The second-order valence-corrected chi connectivity index (χ2v) is 8.99. The Morgan fingerprint density at radius 3 is 2.60 bits per heavy atom. The highest BCUT2D eigenvalue weighted by Crippen LogP contribution is 2.24. The molecule has 2 aromatic carbocycles. The molecule has 0 unspecified atom stereocenters. The fourth-order valence-corrected chi connectivity index (χ4v) is 4.12. The van der Waals surface area contributed by atoms with Crippen molar-refractivity contribution >= 4 is 28.2 Å². The lowest BCUT2D eigenvalue weighted by molar-refractivity contribution is 0.469. The molecular formula is C28H31ClN4O2. The number of fused-ring (bicyclic) bond motifs is 1. The summed E-state index contributed by atoms with van der Waals surface area (Å²) in [6.45, 7) is 2.49. The molecule has 0 aliphatic rings. The standard InChI is InChI=1S/C28H31ClN4O2/c1-33-20-28(35-23-9-5-4-6-10-23)27(34)18-22(33)19-30-14-7-2-3-8-15-31-25-13-16-32-26-17-21(29)11-12-24(25)26/h4-6,9-13,16-18,20,30H,2-3,7-8,14-15,19H2,1H3,(H,31,32). The van der Waals surface area contributed by atoms with Gasteiger partial charge in [0.2, 0.25) is 5.43 Å². The largest absolute Gasteiger partial charge is 0.452 e. The van der Waals surface area contributed by atoms with Crippen molar-refractivity contribution in [1.82, 2.24) is 14.9 Å². The first-order valence-corrected chi connectivity index (χ1v) is 12.4. The maximum atomic E-state index is 12.4. The van der Waals surface area contributed by atoms with E-state index >= 15 is 0 Å². The summed E-state index contributed by atoms with van der Waals surface area (Å²) in [6, 6.07) is 18.8. The van der Waals surface area contributed by atoms with Gasteiger partial charge in [0.25, 0.3) is 0 Å². The number of hydrogen-bond acceptors (Lipinski definition) is 5. The summed E-state index contributed by atoms with van der Waals surface area (Å²) in [6.07, 6.45) is 8.08. The lowest BCUT2D eigenvalue weighted by atomic mass is 10.1. The average molecular weight is 491 g/mol. The number of hydrogen-bond donors (Lipinski definition) is 2. The van der Waals surface area contributed by atoms with Gasteiger partial charge >= 0.3 is 0 Å². The van der Waals surface area contributed by atoms with Crippen LogP contribution in [0.2, 0.25) is 5.02 Å². The van der Waals surface area contributed by atoms with Gasteiger partial charge in [-0.2, -0.15) is 0 Å². The summed E-state index contributed by atoms with van der Waals surface area (Å²) < 4.78 is 7.66. The summed E-state index contributed by atoms with van der Waals surface area (Å²) in [7, 11) is 1.93. The molecule has 2 aromatic heterocycles. The van der Waals surface area contributed by atoms with Gasteiger partial charge in [-0.25, -0.2) is 0 Å². The summed E-state index contributed by atoms with van der Waals surface area (Å²) in [5, 5.41) is 8.76. The smallest absolute Gasteiger partial charge is 0.224 e. The molecule has 0 fully saturated rings. The van der Waals surface area contributed by atoms with E-state index in [2.05, 4.69) is 15.6 Å². The van der Waals surface area contributed by atoms with Crippen molar-refractivity contribution in [3.05, 3.63) is 94.0 Å². The second-order valence-electron chi connectivity index (χ2n) is 8.56. The first-order chi connectivity index (χ1) is 17.1. The van der Waals surface area contributed by atoms with E-state index in [0.717, 1.165) is 61.1 Å². The number of halogens is 1. The molecule has 0 amide bonds. The molecule has 6 nitrogen and oxygen atoms in total. The molecule has 35 heavy (non-hydrogen) atoms. The number of rotatable bonds is 12. The van der Waals surface area contributed by atoms with Gasteiger partial charge in [-0.3, -0.25) is 9.78 Å². The Balaban J connectivity index is 1.13. The Hall–Kier alpha value is -3.35. The monoisotopic (exact) mass is 490 g/mol. The molecule has 0 spiro atoms. The van der Waals surface area contributed by atoms with Crippen molar-refractivity contribution in [2.75, 3.05) is 18.4 Å². The molecule has 0 saturated heterocycles. The van der Waals surface area contributed by atoms with Crippen LogP contribution < -0.4 is 20.8 Å². The van der Waals surface area contributed by atoms with Crippen LogP contribution in [0, 0.1) is 0 Å². The van der Waals surface area contributed by atoms with Gasteiger partial charge in [0.05, 0.1) is 11.7 Å². The Bertz CT molecular complexity index is 1310. The third kappa shape index (κ3) is 7.07. The Labute approximate surface area is 210 Å². The van der Waals surface area contributed by atoms with Crippen LogP contribution >= 0.6 is 11.6 Å². The summed E-state index contributed by atoms with van der Waals surface area (Å²) in [4.78, 5) is 16.8. The second kappa shape index (κ2) is 12.4. The van der Waals surface area contributed by atoms with Gasteiger partial charge in [0.15, 0.2) is 5.75 Å². The van der Waals surface area contributed by atoms with E-state index in [1.54, 1.807) is 12.3 Å². The van der Waals surface area contributed by atoms with Crippen molar-refractivity contribution in [2.24, 2.45) is 7.05 Å². The van der Waals surface area contributed by atoms with Gasteiger partial charge in [0.1, 0.15) is 5.75 Å². The SMILES string of the molecule is Cn1cc(Oc2ccccc2)c(=O)cc1CNCCCCCCNc1ccnc2cc(Cl)ccc12. The van der Waals surface area contributed by atoms with E-state index < -0.39 is 0 Å². The molecule has 2 N–H and O–H groups in total. The Morgan fingerprint density at radius 2 is 1.77 bits per heavy atom. The zero-order chi connectivity index (χ0) is 24.5. The number of nitrogens with zero attached hydrogens (tertiary/aromatic N) is 2. The number of ether oxygens (including phenoxy) is 1. The minimum Gasteiger partial charge on any atom is -0.452 e. The summed E-state index contributed by atoms with van der Waals surface area (Å²) >= 11 is 6.07. The highest BCUT2D eigenvalue weighted by Gasteiger charge is 2.07. The highest BCUT2D eigenvalue weighted by molar-refractivity contribution is 6.31. The predicted molar refractivity (Wildman–Crippen MR) is 144 cm³/mol. The number of aromatic nitrogens is 2. The quantitative estimate of drug-likeness (QED) is 0.233. The number of anilines is 1. The Morgan fingerprint density at radius 1 is 0.971 bits per heavy atom. The summed E-state index contributed by atoms with van der Waals surface area (Å²) in [5.41, 5.74) is 2.83.